The lowest BCUT2D eigenvalue weighted by molar-refractivity contribution is -0.137. The van der Waals surface area contributed by atoms with Crippen molar-refractivity contribution in [1.29, 1.82) is 0 Å². The Morgan fingerprint density at radius 3 is 2.57 bits per heavy atom. The Kier molecular flexibility index (Phi) is 7.65. The van der Waals surface area contributed by atoms with Gasteiger partial charge in [0.15, 0.2) is 0 Å². The third kappa shape index (κ3) is 8.00. The number of hydrogen-bond donors (Lipinski definition) is 2. The summed E-state index contributed by atoms with van der Waals surface area (Å²) in [7, 11) is -3.59. The average molecular weight is 314 g/mol. The van der Waals surface area contributed by atoms with Crippen molar-refractivity contribution in [1.82, 2.24) is 0 Å². The van der Waals surface area contributed by atoms with Crippen LogP contribution in [0.5, 0.6) is 0 Å². The molecule has 21 heavy (non-hydrogen) atoms. The number of benzene rings is 1. The van der Waals surface area contributed by atoms with Gasteiger partial charge in [-0.25, -0.2) is 0 Å². The van der Waals surface area contributed by atoms with E-state index in [4.69, 9.17) is 9.63 Å². The summed E-state index contributed by atoms with van der Waals surface area (Å²) in [5.41, 5.74) is 1.18. The topological polar surface area (TPSA) is 83.8 Å². The first-order valence-electron chi connectivity index (χ1n) is 7.14. The van der Waals surface area contributed by atoms with Crippen molar-refractivity contribution in [2.45, 2.75) is 38.5 Å². The van der Waals surface area contributed by atoms with Gasteiger partial charge in [0.25, 0.3) is 0 Å². The number of hydrogen-bond acceptors (Lipinski definition) is 3. The summed E-state index contributed by atoms with van der Waals surface area (Å²) in [6, 6.07) is 9.92. The van der Waals surface area contributed by atoms with E-state index < -0.39 is 13.6 Å². The first-order chi connectivity index (χ1) is 9.91. The van der Waals surface area contributed by atoms with E-state index in [1.807, 2.05) is 37.3 Å². The van der Waals surface area contributed by atoms with Crippen LogP contribution >= 0.6 is 7.60 Å². The van der Waals surface area contributed by atoms with Crippen molar-refractivity contribution >= 4 is 13.6 Å². The maximum atomic E-state index is 11.8. The molecule has 6 heteroatoms. The Balaban J connectivity index is 2.24. The van der Waals surface area contributed by atoms with Crippen molar-refractivity contribution in [3.63, 3.8) is 0 Å². The summed E-state index contributed by atoms with van der Waals surface area (Å²) in [6.45, 7) is 2.27. The molecule has 0 aliphatic rings. The third-order valence-corrected chi connectivity index (χ3v) is 4.76. The zero-order chi connectivity index (χ0) is 15.7. The van der Waals surface area contributed by atoms with Crippen molar-refractivity contribution < 1.29 is 23.9 Å². The summed E-state index contributed by atoms with van der Waals surface area (Å²) in [6.07, 6.45) is 1.48. The molecule has 0 fully saturated rings. The van der Waals surface area contributed by atoms with Crippen LogP contribution in [0.3, 0.4) is 0 Å². The molecular weight excluding hydrogens is 291 g/mol. The Labute approximate surface area is 125 Å². The SMILES string of the molecule is CC(CCOP(=O)(O)CCCCC(=O)O)c1ccccc1. The molecule has 0 saturated heterocycles. The van der Waals surface area contributed by atoms with Crippen molar-refractivity contribution in [3.05, 3.63) is 35.9 Å². The molecule has 1 aromatic carbocycles. The Hall–Kier alpha value is -1.16. The molecular formula is C15H23O5P. The summed E-state index contributed by atoms with van der Waals surface area (Å²) in [5.74, 6) is -0.626. The van der Waals surface area contributed by atoms with Gasteiger partial charge in [-0.15, -0.1) is 0 Å². The normalized spacial score (nSPS) is 15.3. The molecule has 0 saturated carbocycles. The van der Waals surface area contributed by atoms with E-state index in [1.54, 1.807) is 0 Å². The first kappa shape index (κ1) is 17.9. The lowest BCUT2D eigenvalue weighted by Gasteiger charge is -2.15. The monoisotopic (exact) mass is 314 g/mol. The fourth-order valence-corrected chi connectivity index (χ4v) is 3.12. The molecule has 2 atom stereocenters. The summed E-state index contributed by atoms with van der Waals surface area (Å²) < 4.78 is 16.9. The molecule has 0 aromatic heterocycles. The van der Waals surface area contributed by atoms with E-state index in [9.17, 15) is 14.3 Å². The number of rotatable bonds is 10. The van der Waals surface area contributed by atoms with Crippen molar-refractivity contribution in [2.24, 2.45) is 0 Å². The lowest BCUT2D eigenvalue weighted by Crippen LogP contribution is -2.02. The van der Waals surface area contributed by atoms with Crippen LogP contribution in [0, 0.1) is 0 Å². The summed E-state index contributed by atoms with van der Waals surface area (Å²) in [4.78, 5) is 20.0. The molecule has 118 valence electrons. The number of carboxylic acid groups (broad SMARTS) is 1. The van der Waals surface area contributed by atoms with Gasteiger partial charge in [0.2, 0.25) is 0 Å². The minimum atomic E-state index is -3.59. The maximum Gasteiger partial charge on any atom is 0.328 e. The Bertz CT molecular complexity index is 474. The van der Waals surface area contributed by atoms with Gasteiger partial charge in [0.05, 0.1) is 12.8 Å². The maximum absolute atomic E-state index is 11.8. The molecule has 0 amide bonds. The van der Waals surface area contributed by atoms with Crippen LogP contribution in [0.1, 0.15) is 44.1 Å². The molecule has 1 aromatic rings. The number of aliphatic carboxylic acids is 1. The highest BCUT2D eigenvalue weighted by atomic mass is 31.2. The summed E-state index contributed by atoms with van der Waals surface area (Å²) in [5, 5.41) is 8.49. The van der Waals surface area contributed by atoms with E-state index in [2.05, 4.69) is 0 Å². The smallest absolute Gasteiger partial charge is 0.328 e. The number of unbranched alkanes of at least 4 members (excludes halogenated alkanes) is 1. The number of carboxylic acids is 1. The van der Waals surface area contributed by atoms with Crippen LogP contribution in [-0.2, 0) is 13.9 Å². The zero-order valence-electron chi connectivity index (χ0n) is 12.3. The van der Waals surface area contributed by atoms with Gasteiger partial charge in [-0.05, 0) is 30.7 Å². The Morgan fingerprint density at radius 2 is 1.95 bits per heavy atom. The second-order valence-corrected chi connectivity index (χ2v) is 7.13. The molecule has 0 aliphatic carbocycles. The van der Waals surface area contributed by atoms with Crippen LogP contribution in [0.2, 0.25) is 0 Å². The fourth-order valence-electron chi connectivity index (χ4n) is 1.97. The second-order valence-electron chi connectivity index (χ2n) is 5.15. The van der Waals surface area contributed by atoms with Gasteiger partial charge >= 0.3 is 13.6 Å². The highest BCUT2D eigenvalue weighted by Crippen LogP contribution is 2.43. The Morgan fingerprint density at radius 1 is 1.29 bits per heavy atom. The van der Waals surface area contributed by atoms with Crippen LogP contribution in [0.4, 0.5) is 0 Å². The highest BCUT2D eigenvalue weighted by Gasteiger charge is 2.19. The van der Waals surface area contributed by atoms with Crippen LogP contribution < -0.4 is 0 Å². The molecule has 0 aliphatic heterocycles. The van der Waals surface area contributed by atoms with E-state index in [-0.39, 0.29) is 25.1 Å². The van der Waals surface area contributed by atoms with Gasteiger partial charge in [-0.1, -0.05) is 37.3 Å². The standard InChI is InChI=1S/C15H23O5P/c1-13(14-7-3-2-4-8-14)10-11-20-21(18,19)12-6-5-9-15(16)17/h2-4,7-8,13H,5-6,9-12H2,1H3,(H,16,17)(H,18,19). The predicted octanol–water partition coefficient (Wildman–Crippen LogP) is 3.64. The van der Waals surface area contributed by atoms with E-state index >= 15 is 0 Å². The fraction of sp³-hybridized carbons (Fsp3) is 0.533. The molecule has 2 unspecified atom stereocenters. The molecule has 0 bridgehead atoms. The first-order valence-corrected chi connectivity index (χ1v) is 8.90. The van der Waals surface area contributed by atoms with Crippen LogP contribution in [0.25, 0.3) is 0 Å². The molecule has 0 radical (unpaired) electrons. The number of carbonyl (C=O) groups is 1. The van der Waals surface area contributed by atoms with Crippen LogP contribution in [-0.4, -0.2) is 28.7 Å². The predicted molar refractivity (Wildman–Crippen MR) is 81.6 cm³/mol. The highest BCUT2D eigenvalue weighted by molar-refractivity contribution is 7.52. The molecule has 0 spiro atoms. The second kappa shape index (κ2) is 8.98. The molecule has 2 N–H and O–H groups in total. The van der Waals surface area contributed by atoms with Gasteiger partial charge in [0, 0.05) is 6.42 Å². The molecule has 1 rings (SSSR count). The van der Waals surface area contributed by atoms with Crippen molar-refractivity contribution in [3.8, 4) is 0 Å². The quantitative estimate of drug-likeness (QED) is 0.509. The van der Waals surface area contributed by atoms with Crippen LogP contribution in [0.15, 0.2) is 30.3 Å². The minimum Gasteiger partial charge on any atom is -0.481 e. The van der Waals surface area contributed by atoms with Gasteiger partial charge in [0.1, 0.15) is 0 Å². The largest absolute Gasteiger partial charge is 0.481 e. The molecule has 0 heterocycles. The minimum absolute atomic E-state index is 0.0139. The zero-order valence-corrected chi connectivity index (χ0v) is 13.2. The average Bonchev–Trinajstić information content (AvgIpc) is 2.44. The van der Waals surface area contributed by atoms with Gasteiger partial charge < -0.3 is 14.5 Å². The van der Waals surface area contributed by atoms with Gasteiger partial charge in [-0.2, -0.15) is 0 Å². The van der Waals surface area contributed by atoms with E-state index in [0.29, 0.717) is 19.3 Å². The van der Waals surface area contributed by atoms with Gasteiger partial charge in [-0.3, -0.25) is 9.36 Å². The van der Waals surface area contributed by atoms with E-state index in [1.165, 1.54) is 5.56 Å². The summed E-state index contributed by atoms with van der Waals surface area (Å²) >= 11 is 0. The third-order valence-electron chi connectivity index (χ3n) is 3.29. The lowest BCUT2D eigenvalue weighted by atomic mass is 9.99. The molecule has 5 nitrogen and oxygen atoms in total. The van der Waals surface area contributed by atoms with E-state index in [0.717, 1.165) is 0 Å². The van der Waals surface area contributed by atoms with Crippen molar-refractivity contribution in [2.75, 3.05) is 12.8 Å².